The molecule has 154 valence electrons. The second-order valence-corrected chi connectivity index (χ2v) is 8.42. The molecule has 2 fully saturated rings. The van der Waals surface area contributed by atoms with Gasteiger partial charge in [0.05, 0.1) is 12.5 Å². The molecule has 2 aromatic rings. The minimum absolute atomic E-state index is 0.195. The number of carbonyl (C=O) groups excluding carboxylic acids is 1. The third-order valence-electron chi connectivity index (χ3n) is 6.26. The van der Waals surface area contributed by atoms with Crippen molar-refractivity contribution in [2.24, 2.45) is 5.41 Å². The number of rotatable bonds is 7. The number of piperidine rings is 1. The fourth-order valence-electron chi connectivity index (χ4n) is 4.38. The molecule has 2 heterocycles. The van der Waals surface area contributed by atoms with Crippen LogP contribution < -0.4 is 15.4 Å². The second-order valence-electron chi connectivity index (χ2n) is 8.42. The summed E-state index contributed by atoms with van der Waals surface area (Å²) in [5.41, 5.74) is 2.17. The molecule has 2 saturated heterocycles. The lowest BCUT2D eigenvalue weighted by Crippen LogP contribution is -2.64. The monoisotopic (exact) mass is 393 g/mol. The Morgan fingerprint density at radius 3 is 2.48 bits per heavy atom. The van der Waals surface area contributed by atoms with Gasteiger partial charge in [-0.15, -0.1) is 0 Å². The number of amides is 1. The molecule has 0 spiro atoms. The van der Waals surface area contributed by atoms with Crippen LogP contribution in [0.3, 0.4) is 0 Å². The molecule has 0 saturated carbocycles. The van der Waals surface area contributed by atoms with Gasteiger partial charge in [-0.1, -0.05) is 42.5 Å². The standard InChI is InChI=1S/C24H31N3O2/c1-29-22-9-5-8-20(14-22)15-24(17-25-18-24)23(28)26-21-10-12-27(13-11-21)16-19-6-3-2-4-7-19/h2-9,14,21,25H,10-13,15-18H2,1H3,(H,26,28). The molecule has 0 atom stereocenters. The van der Waals surface area contributed by atoms with E-state index in [-0.39, 0.29) is 17.4 Å². The van der Waals surface area contributed by atoms with E-state index in [1.54, 1.807) is 7.11 Å². The third kappa shape index (κ3) is 4.80. The van der Waals surface area contributed by atoms with Gasteiger partial charge in [0.2, 0.25) is 5.91 Å². The van der Waals surface area contributed by atoms with E-state index in [0.717, 1.165) is 63.3 Å². The number of ether oxygens (including phenoxy) is 1. The Hall–Kier alpha value is -2.37. The van der Waals surface area contributed by atoms with E-state index in [1.165, 1.54) is 5.56 Å². The molecule has 1 amide bonds. The first kappa shape index (κ1) is 19.9. The lowest BCUT2D eigenvalue weighted by Gasteiger charge is -2.43. The maximum atomic E-state index is 13.2. The van der Waals surface area contributed by atoms with Crippen molar-refractivity contribution in [3.05, 3.63) is 65.7 Å². The number of hydrogen-bond donors (Lipinski definition) is 2. The summed E-state index contributed by atoms with van der Waals surface area (Å²) < 4.78 is 5.33. The minimum Gasteiger partial charge on any atom is -0.497 e. The number of benzene rings is 2. The van der Waals surface area contributed by atoms with E-state index in [4.69, 9.17) is 4.74 Å². The molecule has 2 N–H and O–H groups in total. The molecule has 0 aliphatic carbocycles. The third-order valence-corrected chi connectivity index (χ3v) is 6.26. The van der Waals surface area contributed by atoms with Crippen LogP contribution >= 0.6 is 0 Å². The molecule has 0 aromatic heterocycles. The molecule has 0 unspecified atom stereocenters. The van der Waals surface area contributed by atoms with Crippen LogP contribution in [0.4, 0.5) is 0 Å². The summed E-state index contributed by atoms with van der Waals surface area (Å²) in [7, 11) is 1.68. The smallest absolute Gasteiger partial charge is 0.229 e. The number of carbonyl (C=O) groups is 1. The van der Waals surface area contributed by atoms with Gasteiger partial charge in [-0.25, -0.2) is 0 Å². The number of methoxy groups -OCH3 is 1. The topological polar surface area (TPSA) is 53.6 Å². The summed E-state index contributed by atoms with van der Waals surface area (Å²) in [5.74, 6) is 1.04. The van der Waals surface area contributed by atoms with Gasteiger partial charge in [-0.3, -0.25) is 9.69 Å². The van der Waals surface area contributed by atoms with Gasteiger partial charge in [0.1, 0.15) is 5.75 Å². The van der Waals surface area contributed by atoms with Crippen molar-refractivity contribution >= 4 is 5.91 Å². The molecule has 0 radical (unpaired) electrons. The molecule has 5 heteroatoms. The van der Waals surface area contributed by atoms with Crippen molar-refractivity contribution in [2.45, 2.75) is 31.8 Å². The molecule has 2 aromatic carbocycles. The Bertz CT molecular complexity index is 812. The van der Waals surface area contributed by atoms with Gasteiger partial charge in [0, 0.05) is 38.8 Å². The van der Waals surface area contributed by atoms with Crippen LogP contribution in [-0.2, 0) is 17.8 Å². The lowest BCUT2D eigenvalue weighted by atomic mass is 9.75. The van der Waals surface area contributed by atoms with Crippen molar-refractivity contribution in [1.29, 1.82) is 0 Å². The Kier molecular flexibility index (Phi) is 6.16. The zero-order valence-electron chi connectivity index (χ0n) is 17.2. The zero-order valence-corrected chi connectivity index (χ0v) is 17.2. The van der Waals surface area contributed by atoms with Gasteiger partial charge in [-0.05, 0) is 42.5 Å². The predicted octanol–water partition coefficient (Wildman–Crippen LogP) is 2.61. The van der Waals surface area contributed by atoms with E-state index < -0.39 is 0 Å². The maximum absolute atomic E-state index is 13.2. The fourth-order valence-corrected chi connectivity index (χ4v) is 4.38. The Labute approximate surface area is 173 Å². The highest BCUT2D eigenvalue weighted by atomic mass is 16.5. The van der Waals surface area contributed by atoms with E-state index >= 15 is 0 Å². The van der Waals surface area contributed by atoms with E-state index in [0.29, 0.717) is 0 Å². The van der Waals surface area contributed by atoms with Gasteiger partial charge in [0.25, 0.3) is 0 Å². The summed E-state index contributed by atoms with van der Waals surface area (Å²) in [6, 6.07) is 18.9. The van der Waals surface area contributed by atoms with Crippen molar-refractivity contribution in [3.63, 3.8) is 0 Å². The van der Waals surface area contributed by atoms with Gasteiger partial charge >= 0.3 is 0 Å². The Morgan fingerprint density at radius 2 is 1.83 bits per heavy atom. The summed E-state index contributed by atoms with van der Waals surface area (Å²) in [6.07, 6.45) is 2.78. The van der Waals surface area contributed by atoms with Crippen LogP contribution in [-0.4, -0.2) is 50.1 Å². The molecular formula is C24H31N3O2. The predicted molar refractivity (Wildman–Crippen MR) is 115 cm³/mol. The Balaban J connectivity index is 1.30. The molecule has 2 aliphatic rings. The van der Waals surface area contributed by atoms with Crippen LogP contribution in [0.5, 0.6) is 5.75 Å². The van der Waals surface area contributed by atoms with Gasteiger partial charge in [-0.2, -0.15) is 0 Å². The second kappa shape index (κ2) is 8.97. The average molecular weight is 394 g/mol. The average Bonchev–Trinajstić information content (AvgIpc) is 2.73. The summed E-state index contributed by atoms with van der Waals surface area (Å²) in [4.78, 5) is 15.6. The zero-order chi connectivity index (χ0) is 20.1. The van der Waals surface area contributed by atoms with Crippen LogP contribution in [0.1, 0.15) is 24.0 Å². The van der Waals surface area contributed by atoms with Crippen LogP contribution in [0.2, 0.25) is 0 Å². The fraction of sp³-hybridized carbons (Fsp3) is 0.458. The van der Waals surface area contributed by atoms with Gasteiger partial charge < -0.3 is 15.4 Å². The van der Waals surface area contributed by atoms with Crippen molar-refractivity contribution in [1.82, 2.24) is 15.5 Å². The van der Waals surface area contributed by atoms with Crippen molar-refractivity contribution in [3.8, 4) is 5.75 Å². The first-order valence-corrected chi connectivity index (χ1v) is 10.6. The van der Waals surface area contributed by atoms with Crippen LogP contribution in [0, 0.1) is 5.41 Å². The van der Waals surface area contributed by atoms with E-state index in [2.05, 4.69) is 51.9 Å². The minimum atomic E-state index is -0.340. The highest BCUT2D eigenvalue weighted by Crippen LogP contribution is 2.30. The van der Waals surface area contributed by atoms with E-state index in [9.17, 15) is 4.79 Å². The molecule has 5 nitrogen and oxygen atoms in total. The number of likely N-dealkylation sites (tertiary alicyclic amines) is 1. The molecule has 4 rings (SSSR count). The quantitative estimate of drug-likeness (QED) is 0.759. The largest absolute Gasteiger partial charge is 0.497 e. The van der Waals surface area contributed by atoms with Crippen molar-refractivity contribution < 1.29 is 9.53 Å². The van der Waals surface area contributed by atoms with E-state index in [1.807, 2.05) is 18.2 Å². The molecule has 29 heavy (non-hydrogen) atoms. The highest BCUT2D eigenvalue weighted by molar-refractivity contribution is 5.85. The summed E-state index contributed by atoms with van der Waals surface area (Å²) >= 11 is 0. The SMILES string of the molecule is COc1cccc(CC2(C(=O)NC3CCN(Cc4ccccc4)CC3)CNC2)c1. The first-order chi connectivity index (χ1) is 14.2. The van der Waals surface area contributed by atoms with Gasteiger partial charge in [0.15, 0.2) is 0 Å². The maximum Gasteiger partial charge on any atom is 0.229 e. The number of hydrogen-bond acceptors (Lipinski definition) is 4. The summed E-state index contributed by atoms with van der Waals surface area (Å²) in [6.45, 7) is 4.53. The Morgan fingerprint density at radius 1 is 1.10 bits per heavy atom. The van der Waals surface area contributed by atoms with Crippen LogP contribution in [0.15, 0.2) is 54.6 Å². The summed E-state index contributed by atoms with van der Waals surface area (Å²) in [5, 5.41) is 6.66. The molecule has 0 bridgehead atoms. The van der Waals surface area contributed by atoms with Crippen molar-refractivity contribution in [2.75, 3.05) is 33.3 Å². The molecule has 2 aliphatic heterocycles. The lowest BCUT2D eigenvalue weighted by molar-refractivity contribution is -0.135. The number of nitrogens with one attached hydrogen (secondary N) is 2. The molecular weight excluding hydrogens is 362 g/mol. The highest BCUT2D eigenvalue weighted by Gasteiger charge is 2.45. The van der Waals surface area contributed by atoms with Crippen LogP contribution in [0.25, 0.3) is 0 Å². The normalized spacial score (nSPS) is 19.3. The number of nitrogens with zero attached hydrogens (tertiary/aromatic N) is 1. The first-order valence-electron chi connectivity index (χ1n) is 10.6.